The minimum atomic E-state index is 0.0208. The van der Waals surface area contributed by atoms with Crippen LogP contribution in [0.2, 0.25) is 0 Å². The third-order valence-corrected chi connectivity index (χ3v) is 4.79. The van der Waals surface area contributed by atoms with E-state index in [1.807, 2.05) is 0 Å². The molecular formula is C17H33N3O. The van der Waals surface area contributed by atoms with Crippen molar-refractivity contribution in [3.63, 3.8) is 0 Å². The molecule has 0 spiro atoms. The lowest BCUT2D eigenvalue weighted by Crippen LogP contribution is -2.51. The number of hydrogen-bond donors (Lipinski definition) is 2. The monoisotopic (exact) mass is 295 g/mol. The van der Waals surface area contributed by atoms with E-state index in [1.165, 1.54) is 38.8 Å². The van der Waals surface area contributed by atoms with Gasteiger partial charge in [-0.3, -0.25) is 0 Å². The Labute approximate surface area is 130 Å². The van der Waals surface area contributed by atoms with Crippen LogP contribution in [-0.4, -0.2) is 42.6 Å². The fraction of sp³-hybridized carbons (Fsp3) is 0.941. The van der Waals surface area contributed by atoms with Crippen molar-refractivity contribution in [1.29, 1.82) is 0 Å². The van der Waals surface area contributed by atoms with Crippen molar-refractivity contribution >= 4 is 6.03 Å². The number of nitrogens with one attached hydrogen (secondary N) is 2. The highest BCUT2D eigenvalue weighted by Crippen LogP contribution is 2.21. The van der Waals surface area contributed by atoms with Gasteiger partial charge in [0.2, 0.25) is 0 Å². The van der Waals surface area contributed by atoms with E-state index < -0.39 is 0 Å². The minimum Gasteiger partial charge on any atom is -0.335 e. The molecule has 1 aliphatic carbocycles. The van der Waals surface area contributed by atoms with Crippen molar-refractivity contribution in [1.82, 2.24) is 15.5 Å². The summed E-state index contributed by atoms with van der Waals surface area (Å²) in [7, 11) is 0. The van der Waals surface area contributed by atoms with Crippen LogP contribution in [0, 0.1) is 11.8 Å². The van der Waals surface area contributed by atoms with Crippen LogP contribution in [-0.2, 0) is 0 Å². The number of likely N-dealkylation sites (tertiary alicyclic amines) is 1. The lowest BCUT2D eigenvalue weighted by atomic mass is 9.92. The zero-order chi connectivity index (χ0) is 15.2. The van der Waals surface area contributed by atoms with Crippen LogP contribution in [0.15, 0.2) is 0 Å². The van der Waals surface area contributed by atoms with Gasteiger partial charge >= 0.3 is 6.03 Å². The Hall–Kier alpha value is -0.770. The minimum absolute atomic E-state index is 0.0208. The summed E-state index contributed by atoms with van der Waals surface area (Å²) in [6, 6.07) is 0.625. The van der Waals surface area contributed by atoms with Crippen molar-refractivity contribution in [3.8, 4) is 0 Å². The molecule has 4 nitrogen and oxygen atoms in total. The van der Waals surface area contributed by atoms with Crippen molar-refractivity contribution in [2.45, 2.75) is 71.4 Å². The Balaban J connectivity index is 1.68. The topological polar surface area (TPSA) is 44.4 Å². The number of urea groups is 1. The fourth-order valence-corrected chi connectivity index (χ4v) is 4.07. The molecule has 2 amide bonds. The molecule has 1 heterocycles. The van der Waals surface area contributed by atoms with E-state index in [0.29, 0.717) is 6.04 Å². The van der Waals surface area contributed by atoms with Gasteiger partial charge in [-0.2, -0.15) is 0 Å². The number of carbonyl (C=O) groups is 1. The summed E-state index contributed by atoms with van der Waals surface area (Å²) in [6.45, 7) is 10.1. The molecule has 2 N–H and O–H groups in total. The van der Waals surface area contributed by atoms with E-state index >= 15 is 0 Å². The SMILES string of the molecule is C[C@@H]1C[C@H](C)CN(C[C@H](C)NC(=O)NC2CCCCC2)C1. The van der Waals surface area contributed by atoms with Crippen molar-refractivity contribution < 1.29 is 4.79 Å². The summed E-state index contributed by atoms with van der Waals surface area (Å²) in [5.74, 6) is 1.55. The van der Waals surface area contributed by atoms with Gasteiger partial charge < -0.3 is 15.5 Å². The standard InChI is InChI=1S/C17H33N3O/c1-13-9-14(2)11-20(10-13)12-15(3)18-17(21)19-16-7-5-4-6-8-16/h13-16H,4-12H2,1-3H3,(H2,18,19,21)/t13-,14+,15-/m0/s1. The van der Waals surface area contributed by atoms with Crippen LogP contribution in [0.1, 0.15) is 59.3 Å². The van der Waals surface area contributed by atoms with Gasteiger partial charge in [0.25, 0.3) is 0 Å². The molecule has 0 radical (unpaired) electrons. The molecule has 0 aromatic carbocycles. The lowest BCUT2D eigenvalue weighted by Gasteiger charge is -2.36. The molecular weight excluding hydrogens is 262 g/mol. The smallest absolute Gasteiger partial charge is 0.315 e. The summed E-state index contributed by atoms with van der Waals surface area (Å²) in [5.41, 5.74) is 0. The van der Waals surface area contributed by atoms with Crippen LogP contribution < -0.4 is 10.6 Å². The second kappa shape index (κ2) is 8.02. The summed E-state index contributed by atoms with van der Waals surface area (Å²) in [4.78, 5) is 14.6. The molecule has 1 saturated heterocycles. The van der Waals surface area contributed by atoms with Crippen LogP contribution in [0.25, 0.3) is 0 Å². The molecule has 0 aromatic rings. The van der Waals surface area contributed by atoms with Crippen molar-refractivity contribution in [2.75, 3.05) is 19.6 Å². The quantitative estimate of drug-likeness (QED) is 0.837. The van der Waals surface area contributed by atoms with Gasteiger partial charge in [0.05, 0.1) is 0 Å². The molecule has 0 bridgehead atoms. The second-order valence-electron chi connectivity index (χ2n) is 7.52. The largest absolute Gasteiger partial charge is 0.335 e. The number of nitrogens with zero attached hydrogens (tertiary/aromatic N) is 1. The van der Waals surface area contributed by atoms with E-state index in [0.717, 1.165) is 31.2 Å². The Kier molecular flexibility index (Phi) is 6.34. The third kappa shape index (κ3) is 5.85. The fourth-order valence-electron chi connectivity index (χ4n) is 4.07. The number of carbonyl (C=O) groups excluding carboxylic acids is 1. The highest BCUT2D eigenvalue weighted by Gasteiger charge is 2.23. The van der Waals surface area contributed by atoms with E-state index in [9.17, 15) is 4.79 Å². The first-order chi connectivity index (χ1) is 10.0. The van der Waals surface area contributed by atoms with E-state index in [4.69, 9.17) is 0 Å². The summed E-state index contributed by atoms with van der Waals surface area (Å²) in [6.07, 6.45) is 7.45. The van der Waals surface area contributed by atoms with Gasteiger partial charge in [0.15, 0.2) is 0 Å². The highest BCUT2D eigenvalue weighted by molar-refractivity contribution is 5.74. The van der Waals surface area contributed by atoms with E-state index in [2.05, 4.69) is 36.3 Å². The van der Waals surface area contributed by atoms with Crippen molar-refractivity contribution in [3.05, 3.63) is 0 Å². The number of rotatable bonds is 4. The molecule has 0 aromatic heterocycles. The Morgan fingerprint density at radius 2 is 1.76 bits per heavy atom. The van der Waals surface area contributed by atoms with Gasteiger partial charge in [0.1, 0.15) is 0 Å². The first kappa shape index (κ1) is 16.6. The molecule has 21 heavy (non-hydrogen) atoms. The number of amides is 2. The Bertz CT molecular complexity index is 318. The predicted molar refractivity (Wildman–Crippen MR) is 87.4 cm³/mol. The molecule has 1 saturated carbocycles. The van der Waals surface area contributed by atoms with Crippen LogP contribution in [0.4, 0.5) is 4.79 Å². The zero-order valence-corrected chi connectivity index (χ0v) is 14.0. The first-order valence-corrected chi connectivity index (χ1v) is 8.82. The highest BCUT2D eigenvalue weighted by atomic mass is 16.2. The van der Waals surface area contributed by atoms with Crippen LogP contribution in [0.3, 0.4) is 0 Å². The normalized spacial score (nSPS) is 29.9. The third-order valence-electron chi connectivity index (χ3n) is 4.79. The molecule has 0 unspecified atom stereocenters. The molecule has 122 valence electrons. The summed E-state index contributed by atoms with van der Waals surface area (Å²) >= 11 is 0. The number of hydrogen-bond acceptors (Lipinski definition) is 2. The van der Waals surface area contributed by atoms with Gasteiger partial charge in [-0.15, -0.1) is 0 Å². The maximum atomic E-state index is 12.1. The maximum absolute atomic E-state index is 12.1. The molecule has 2 aliphatic rings. The lowest BCUT2D eigenvalue weighted by molar-refractivity contribution is 0.131. The van der Waals surface area contributed by atoms with Crippen LogP contribution >= 0.6 is 0 Å². The Morgan fingerprint density at radius 3 is 2.38 bits per heavy atom. The second-order valence-corrected chi connectivity index (χ2v) is 7.52. The van der Waals surface area contributed by atoms with E-state index in [-0.39, 0.29) is 12.1 Å². The summed E-state index contributed by atoms with van der Waals surface area (Å²) in [5, 5.41) is 6.25. The van der Waals surface area contributed by atoms with Gasteiger partial charge in [-0.05, 0) is 38.0 Å². The van der Waals surface area contributed by atoms with Crippen molar-refractivity contribution in [2.24, 2.45) is 11.8 Å². The first-order valence-electron chi connectivity index (χ1n) is 8.82. The van der Waals surface area contributed by atoms with Gasteiger partial charge in [-0.1, -0.05) is 33.1 Å². The van der Waals surface area contributed by atoms with Crippen LogP contribution in [0.5, 0.6) is 0 Å². The molecule has 3 atom stereocenters. The van der Waals surface area contributed by atoms with E-state index in [1.54, 1.807) is 0 Å². The average Bonchev–Trinajstić information content (AvgIpc) is 2.37. The predicted octanol–water partition coefficient (Wildman–Crippen LogP) is 2.98. The van der Waals surface area contributed by atoms with Gasteiger partial charge in [-0.25, -0.2) is 4.79 Å². The molecule has 2 fully saturated rings. The van der Waals surface area contributed by atoms with Gasteiger partial charge in [0, 0.05) is 31.7 Å². The number of piperidine rings is 1. The average molecular weight is 295 g/mol. The molecule has 2 rings (SSSR count). The Morgan fingerprint density at radius 1 is 1.14 bits per heavy atom. The summed E-state index contributed by atoms with van der Waals surface area (Å²) < 4.78 is 0. The molecule has 1 aliphatic heterocycles. The maximum Gasteiger partial charge on any atom is 0.315 e. The molecule has 4 heteroatoms. The zero-order valence-electron chi connectivity index (χ0n) is 14.0.